The maximum atomic E-state index is 8.84. The van der Waals surface area contributed by atoms with Crippen LogP contribution in [0.5, 0.6) is 0 Å². The van der Waals surface area contributed by atoms with Crippen molar-refractivity contribution >= 4 is 11.5 Å². The quantitative estimate of drug-likeness (QED) is 0.589. The Morgan fingerprint density at radius 3 is 2.83 bits per heavy atom. The van der Waals surface area contributed by atoms with E-state index in [0.717, 1.165) is 61.7 Å². The van der Waals surface area contributed by atoms with E-state index in [1.807, 2.05) is 18.5 Å². The lowest BCUT2D eigenvalue weighted by atomic mass is 10.1. The second kappa shape index (κ2) is 9.46. The summed E-state index contributed by atoms with van der Waals surface area (Å²) < 4.78 is 0. The van der Waals surface area contributed by atoms with Gasteiger partial charge in [-0.15, -0.1) is 0 Å². The zero-order valence-electron chi connectivity index (χ0n) is 17.2. The summed E-state index contributed by atoms with van der Waals surface area (Å²) in [6.45, 7) is 4.09. The normalized spacial score (nSPS) is 16.5. The highest BCUT2D eigenvalue weighted by molar-refractivity contribution is 5.54. The predicted octanol–water partition coefficient (Wildman–Crippen LogP) is 3.89. The van der Waals surface area contributed by atoms with E-state index in [4.69, 9.17) is 5.26 Å². The van der Waals surface area contributed by atoms with E-state index in [1.165, 1.54) is 6.42 Å². The zero-order valence-corrected chi connectivity index (χ0v) is 17.2. The van der Waals surface area contributed by atoms with Gasteiger partial charge in [-0.05, 0) is 37.9 Å². The minimum absolute atomic E-state index is 0.269. The molecule has 0 aliphatic carbocycles. The average molecular weight is 403 g/mol. The van der Waals surface area contributed by atoms with Gasteiger partial charge in [0.25, 0.3) is 0 Å². The lowest BCUT2D eigenvalue weighted by Gasteiger charge is -2.23. The molecule has 8 heteroatoms. The van der Waals surface area contributed by atoms with E-state index in [2.05, 4.69) is 42.1 Å². The van der Waals surface area contributed by atoms with Gasteiger partial charge in [-0.25, -0.2) is 15.0 Å². The van der Waals surface area contributed by atoms with Crippen molar-refractivity contribution in [3.8, 4) is 6.07 Å². The first-order chi connectivity index (χ1) is 14.7. The monoisotopic (exact) mass is 402 g/mol. The van der Waals surface area contributed by atoms with Crippen LogP contribution in [0, 0.1) is 11.3 Å². The van der Waals surface area contributed by atoms with Crippen molar-refractivity contribution in [2.24, 2.45) is 0 Å². The summed E-state index contributed by atoms with van der Waals surface area (Å²) in [6.07, 6.45) is 12.8. The number of nitrogens with one attached hydrogen (secondary N) is 2. The van der Waals surface area contributed by atoms with Crippen LogP contribution in [0.25, 0.3) is 0 Å². The van der Waals surface area contributed by atoms with Crippen molar-refractivity contribution in [2.75, 3.05) is 11.9 Å². The largest absolute Gasteiger partial charge is 0.345 e. The first-order valence-corrected chi connectivity index (χ1v) is 10.5. The van der Waals surface area contributed by atoms with Crippen molar-refractivity contribution in [3.05, 3.63) is 59.8 Å². The molecule has 8 nitrogen and oxygen atoms in total. The van der Waals surface area contributed by atoms with Gasteiger partial charge in [-0.1, -0.05) is 13.3 Å². The summed E-state index contributed by atoms with van der Waals surface area (Å²) in [5.41, 5.74) is 3.31. The van der Waals surface area contributed by atoms with E-state index in [9.17, 15) is 0 Å². The molecule has 1 unspecified atom stereocenters. The number of anilines is 2. The summed E-state index contributed by atoms with van der Waals surface area (Å²) in [4.78, 5) is 23.7. The number of aryl methyl sites for hydroxylation is 1. The molecule has 0 radical (unpaired) electrons. The minimum atomic E-state index is 0.269. The zero-order chi connectivity index (χ0) is 20.8. The maximum Gasteiger partial charge on any atom is 0.148 e. The second-order valence-corrected chi connectivity index (χ2v) is 7.58. The van der Waals surface area contributed by atoms with Crippen molar-refractivity contribution in [1.29, 1.82) is 5.26 Å². The summed E-state index contributed by atoms with van der Waals surface area (Å²) in [7, 11) is 0. The molecule has 2 N–H and O–H groups in total. The highest BCUT2D eigenvalue weighted by Crippen LogP contribution is 2.32. The molecule has 1 atom stereocenters. The van der Waals surface area contributed by atoms with Crippen LogP contribution in [-0.4, -0.2) is 36.4 Å². The number of hydrogen-bond donors (Lipinski definition) is 2. The maximum absolute atomic E-state index is 8.84. The summed E-state index contributed by atoms with van der Waals surface area (Å²) in [5, 5.41) is 12.0. The molecule has 3 aromatic rings. The van der Waals surface area contributed by atoms with Crippen LogP contribution in [0.2, 0.25) is 0 Å². The van der Waals surface area contributed by atoms with Crippen LogP contribution < -0.4 is 5.32 Å². The topological polar surface area (TPSA) is 106 Å². The Morgan fingerprint density at radius 1 is 1.17 bits per heavy atom. The van der Waals surface area contributed by atoms with Crippen LogP contribution in [0.15, 0.2) is 36.9 Å². The lowest BCUT2D eigenvalue weighted by molar-refractivity contribution is 0.241. The number of rotatable bonds is 8. The van der Waals surface area contributed by atoms with E-state index in [-0.39, 0.29) is 6.04 Å². The third-order valence-electron chi connectivity index (χ3n) is 5.35. The van der Waals surface area contributed by atoms with Gasteiger partial charge in [0.2, 0.25) is 0 Å². The fourth-order valence-corrected chi connectivity index (χ4v) is 3.78. The summed E-state index contributed by atoms with van der Waals surface area (Å²) in [5.74, 6) is 1.74. The predicted molar refractivity (Wildman–Crippen MR) is 114 cm³/mol. The molecule has 0 amide bonds. The van der Waals surface area contributed by atoms with Gasteiger partial charge in [0.15, 0.2) is 0 Å². The molecule has 3 aromatic heterocycles. The lowest BCUT2D eigenvalue weighted by Crippen LogP contribution is -2.23. The summed E-state index contributed by atoms with van der Waals surface area (Å²) >= 11 is 0. The number of imidazole rings is 1. The Morgan fingerprint density at radius 2 is 2.10 bits per heavy atom. The number of pyridine rings is 1. The fraction of sp³-hybridized carbons (Fsp3) is 0.409. The molecule has 4 rings (SSSR count). The molecule has 0 bridgehead atoms. The number of nitriles is 1. The van der Waals surface area contributed by atoms with Crippen molar-refractivity contribution < 1.29 is 0 Å². The van der Waals surface area contributed by atoms with E-state index < -0.39 is 0 Å². The van der Waals surface area contributed by atoms with Crippen molar-refractivity contribution in [2.45, 2.75) is 51.6 Å². The van der Waals surface area contributed by atoms with Gasteiger partial charge in [0.1, 0.15) is 23.4 Å². The standard InChI is InChI=1S/C22H26N8/c1-2-3-6-21-26-12-18(29-21)15-30-9-4-5-20(30)19-13-27-22(14-25-19)28-17-8-7-16(10-23)24-11-17/h7-8,11-14,20H,2-6,9,15H2,1H3,(H,26,29)(H,27,28). The Kier molecular flexibility index (Phi) is 6.30. The Hall–Kier alpha value is -3.31. The number of nitrogens with zero attached hydrogens (tertiary/aromatic N) is 6. The van der Waals surface area contributed by atoms with Gasteiger partial charge in [0, 0.05) is 24.9 Å². The Labute approximate surface area is 176 Å². The fourth-order valence-electron chi connectivity index (χ4n) is 3.78. The van der Waals surface area contributed by atoms with E-state index in [1.54, 1.807) is 24.5 Å². The highest BCUT2D eigenvalue weighted by Gasteiger charge is 2.27. The highest BCUT2D eigenvalue weighted by atomic mass is 15.2. The molecule has 1 fully saturated rings. The minimum Gasteiger partial charge on any atom is -0.345 e. The molecule has 1 aliphatic rings. The molecular formula is C22H26N8. The van der Waals surface area contributed by atoms with Gasteiger partial charge in [0.05, 0.1) is 36.0 Å². The number of aromatic amines is 1. The Bertz CT molecular complexity index is 987. The van der Waals surface area contributed by atoms with Gasteiger partial charge >= 0.3 is 0 Å². The first kappa shape index (κ1) is 20.0. The molecule has 4 heterocycles. The van der Waals surface area contributed by atoms with Crippen LogP contribution in [-0.2, 0) is 13.0 Å². The van der Waals surface area contributed by atoms with Crippen LogP contribution in [0.4, 0.5) is 11.5 Å². The number of unbranched alkanes of at least 4 members (excludes halogenated alkanes) is 1. The molecule has 30 heavy (non-hydrogen) atoms. The SMILES string of the molecule is CCCCc1ncc(CN2CCCC2c2cnc(Nc3ccc(C#N)nc3)cn2)[nH]1. The Balaban J connectivity index is 1.38. The smallest absolute Gasteiger partial charge is 0.148 e. The molecule has 1 aliphatic heterocycles. The first-order valence-electron chi connectivity index (χ1n) is 10.5. The molecule has 1 saturated heterocycles. The third kappa shape index (κ3) is 4.81. The van der Waals surface area contributed by atoms with Gasteiger partial charge < -0.3 is 10.3 Å². The van der Waals surface area contributed by atoms with Crippen LogP contribution in [0.3, 0.4) is 0 Å². The van der Waals surface area contributed by atoms with Crippen molar-refractivity contribution in [1.82, 2.24) is 29.8 Å². The average Bonchev–Trinajstić information content (AvgIpc) is 3.43. The van der Waals surface area contributed by atoms with Crippen LogP contribution in [0.1, 0.15) is 61.6 Å². The molecule has 0 aromatic carbocycles. The number of hydrogen-bond acceptors (Lipinski definition) is 7. The van der Waals surface area contributed by atoms with E-state index in [0.29, 0.717) is 11.5 Å². The summed E-state index contributed by atoms with van der Waals surface area (Å²) in [6, 6.07) is 5.75. The van der Waals surface area contributed by atoms with E-state index >= 15 is 0 Å². The molecule has 0 saturated carbocycles. The molecule has 154 valence electrons. The second-order valence-electron chi connectivity index (χ2n) is 7.58. The van der Waals surface area contributed by atoms with Gasteiger partial charge in [-0.2, -0.15) is 5.26 Å². The molecule has 0 spiro atoms. The van der Waals surface area contributed by atoms with Gasteiger partial charge in [-0.3, -0.25) is 9.88 Å². The number of H-pyrrole nitrogens is 1. The third-order valence-corrected chi connectivity index (χ3v) is 5.35. The van der Waals surface area contributed by atoms with Crippen molar-refractivity contribution in [3.63, 3.8) is 0 Å². The number of likely N-dealkylation sites (tertiary alicyclic amines) is 1. The molecular weight excluding hydrogens is 376 g/mol. The number of aromatic nitrogens is 5. The van der Waals surface area contributed by atoms with Crippen LogP contribution >= 0.6 is 0 Å².